The predicted octanol–water partition coefficient (Wildman–Crippen LogP) is 3.20. The first-order valence-electron chi connectivity index (χ1n) is 6.81. The summed E-state index contributed by atoms with van der Waals surface area (Å²) in [7, 11) is 1.75. The summed E-state index contributed by atoms with van der Waals surface area (Å²) in [5, 5.41) is 9.59. The second-order valence-corrected chi connectivity index (χ2v) is 5.37. The van der Waals surface area contributed by atoms with Crippen molar-refractivity contribution in [2.75, 3.05) is 13.6 Å². The fourth-order valence-electron chi connectivity index (χ4n) is 2.77. The molecule has 1 rings (SSSR count). The van der Waals surface area contributed by atoms with Gasteiger partial charge in [-0.1, -0.05) is 19.8 Å². The van der Waals surface area contributed by atoms with E-state index in [0.717, 1.165) is 19.3 Å². The second-order valence-electron chi connectivity index (χ2n) is 5.37. The lowest BCUT2D eigenvalue weighted by Gasteiger charge is -2.40. The zero-order valence-electron chi connectivity index (χ0n) is 11.2. The van der Waals surface area contributed by atoms with Gasteiger partial charge in [0, 0.05) is 6.04 Å². The molecule has 0 spiro atoms. The average molecular weight is 267 g/mol. The van der Waals surface area contributed by atoms with Gasteiger partial charge in [-0.25, -0.2) is 0 Å². The molecule has 2 nitrogen and oxygen atoms in total. The molecule has 0 amide bonds. The summed E-state index contributed by atoms with van der Waals surface area (Å²) in [6, 6.07) is -0.564. The minimum atomic E-state index is -4.15. The Balaban J connectivity index is 2.60. The molecule has 0 radical (unpaired) electrons. The third-order valence-electron chi connectivity index (χ3n) is 3.89. The maximum atomic E-state index is 13.0. The number of rotatable bonds is 5. The third-order valence-corrected chi connectivity index (χ3v) is 3.89. The first kappa shape index (κ1) is 15.8. The molecule has 3 atom stereocenters. The summed E-state index contributed by atoms with van der Waals surface area (Å²) in [6.07, 6.45) is -1.15. The second kappa shape index (κ2) is 6.75. The lowest BCUT2D eigenvalue weighted by Crippen LogP contribution is -2.49. The Morgan fingerprint density at radius 3 is 2.44 bits per heavy atom. The van der Waals surface area contributed by atoms with Crippen LogP contribution in [0.3, 0.4) is 0 Å². The maximum absolute atomic E-state index is 13.0. The largest absolute Gasteiger partial charge is 0.393 e. The Kier molecular flexibility index (Phi) is 5.92. The van der Waals surface area contributed by atoms with Crippen LogP contribution in [0.5, 0.6) is 0 Å². The van der Waals surface area contributed by atoms with E-state index in [1.54, 1.807) is 11.9 Å². The van der Waals surface area contributed by atoms with Crippen LogP contribution in [-0.2, 0) is 0 Å². The summed E-state index contributed by atoms with van der Waals surface area (Å²) in [5.41, 5.74) is 0. The molecule has 5 heteroatoms. The monoisotopic (exact) mass is 267 g/mol. The first-order valence-corrected chi connectivity index (χ1v) is 6.81. The number of halogens is 3. The molecule has 3 unspecified atom stereocenters. The van der Waals surface area contributed by atoms with Gasteiger partial charge in [0.2, 0.25) is 0 Å². The molecule has 1 aliphatic carbocycles. The van der Waals surface area contributed by atoms with E-state index in [9.17, 15) is 18.3 Å². The number of nitrogens with zero attached hydrogens (tertiary/aromatic N) is 1. The molecule has 1 fully saturated rings. The summed E-state index contributed by atoms with van der Waals surface area (Å²) in [5.74, 6) is -1.28. The highest BCUT2D eigenvalue weighted by Gasteiger charge is 2.48. The molecule has 0 heterocycles. The normalized spacial score (nSPS) is 29.8. The van der Waals surface area contributed by atoms with Gasteiger partial charge in [0.15, 0.2) is 0 Å². The lowest BCUT2D eigenvalue weighted by atomic mass is 9.81. The van der Waals surface area contributed by atoms with E-state index in [2.05, 4.69) is 6.92 Å². The number of hydrogen-bond donors (Lipinski definition) is 1. The van der Waals surface area contributed by atoms with Crippen LogP contribution in [0.1, 0.15) is 45.4 Å². The smallest absolute Gasteiger partial charge is 0.393 e. The van der Waals surface area contributed by atoms with Gasteiger partial charge in [-0.2, -0.15) is 13.2 Å². The van der Waals surface area contributed by atoms with Gasteiger partial charge < -0.3 is 10.0 Å². The summed E-state index contributed by atoms with van der Waals surface area (Å²) < 4.78 is 38.9. The van der Waals surface area contributed by atoms with Crippen LogP contribution in [0.25, 0.3) is 0 Å². The van der Waals surface area contributed by atoms with E-state index in [1.807, 2.05) is 0 Å². The molecule has 18 heavy (non-hydrogen) atoms. The van der Waals surface area contributed by atoms with Crippen LogP contribution in [0.2, 0.25) is 0 Å². The van der Waals surface area contributed by atoms with Crippen LogP contribution in [0, 0.1) is 5.92 Å². The molecule has 108 valence electrons. The van der Waals surface area contributed by atoms with Crippen molar-refractivity contribution in [3.8, 4) is 0 Å². The SMILES string of the molecule is CCCCCN(C)C1CC(O)CCC1C(F)(F)F. The molecule has 0 saturated heterocycles. The third kappa shape index (κ3) is 4.43. The van der Waals surface area contributed by atoms with Crippen LogP contribution in [0.4, 0.5) is 13.2 Å². The summed E-state index contributed by atoms with van der Waals surface area (Å²) in [6.45, 7) is 2.75. The number of aliphatic hydroxyl groups excluding tert-OH is 1. The van der Waals surface area contributed by atoms with E-state index >= 15 is 0 Å². The van der Waals surface area contributed by atoms with E-state index in [0.29, 0.717) is 6.54 Å². The Labute approximate surface area is 107 Å². The summed E-state index contributed by atoms with van der Waals surface area (Å²) in [4.78, 5) is 1.79. The molecule has 0 aliphatic heterocycles. The van der Waals surface area contributed by atoms with Crippen molar-refractivity contribution in [2.45, 2.75) is 63.8 Å². The van der Waals surface area contributed by atoms with E-state index in [1.165, 1.54) is 0 Å². The molecular formula is C13H24F3NO. The van der Waals surface area contributed by atoms with Crippen LogP contribution >= 0.6 is 0 Å². The number of unbranched alkanes of at least 4 members (excludes halogenated alkanes) is 2. The average Bonchev–Trinajstić information content (AvgIpc) is 2.27. The minimum absolute atomic E-state index is 0.0491. The maximum Gasteiger partial charge on any atom is 0.393 e. The van der Waals surface area contributed by atoms with Crippen LogP contribution < -0.4 is 0 Å². The standard InChI is InChI=1S/C13H24F3NO/c1-3-4-5-8-17(2)12-9-10(18)6-7-11(12)13(14,15)16/h10-12,18H,3-9H2,1-2H3. The Hall–Kier alpha value is -0.290. The van der Waals surface area contributed by atoms with Gasteiger partial charge in [-0.15, -0.1) is 0 Å². The predicted molar refractivity (Wildman–Crippen MR) is 65.3 cm³/mol. The van der Waals surface area contributed by atoms with Gasteiger partial charge >= 0.3 is 6.18 Å². The Bertz CT molecular complexity index is 245. The molecule has 0 bridgehead atoms. The van der Waals surface area contributed by atoms with Crippen molar-refractivity contribution in [2.24, 2.45) is 5.92 Å². The highest BCUT2D eigenvalue weighted by molar-refractivity contribution is 4.89. The highest BCUT2D eigenvalue weighted by Crippen LogP contribution is 2.39. The fourth-order valence-corrected chi connectivity index (χ4v) is 2.77. The highest BCUT2D eigenvalue weighted by atomic mass is 19.4. The number of hydrogen-bond acceptors (Lipinski definition) is 2. The van der Waals surface area contributed by atoms with Gasteiger partial charge in [0.1, 0.15) is 0 Å². The molecule has 1 saturated carbocycles. The van der Waals surface area contributed by atoms with Crippen molar-refractivity contribution in [1.82, 2.24) is 4.90 Å². The van der Waals surface area contributed by atoms with E-state index in [4.69, 9.17) is 0 Å². The first-order chi connectivity index (χ1) is 8.36. The van der Waals surface area contributed by atoms with E-state index in [-0.39, 0.29) is 19.3 Å². The molecule has 0 aromatic carbocycles. The summed E-state index contributed by atoms with van der Waals surface area (Å²) >= 11 is 0. The molecular weight excluding hydrogens is 243 g/mol. The molecule has 1 aliphatic rings. The molecule has 0 aromatic heterocycles. The quantitative estimate of drug-likeness (QED) is 0.773. The molecule has 0 aromatic rings. The topological polar surface area (TPSA) is 23.5 Å². The van der Waals surface area contributed by atoms with Crippen molar-refractivity contribution in [3.05, 3.63) is 0 Å². The van der Waals surface area contributed by atoms with Crippen molar-refractivity contribution in [1.29, 1.82) is 0 Å². The Morgan fingerprint density at radius 1 is 1.22 bits per heavy atom. The zero-order valence-corrected chi connectivity index (χ0v) is 11.2. The van der Waals surface area contributed by atoms with E-state index < -0.39 is 24.2 Å². The van der Waals surface area contributed by atoms with Crippen LogP contribution in [0.15, 0.2) is 0 Å². The zero-order chi connectivity index (χ0) is 13.8. The minimum Gasteiger partial charge on any atom is -0.393 e. The van der Waals surface area contributed by atoms with Gasteiger partial charge in [0.05, 0.1) is 12.0 Å². The Morgan fingerprint density at radius 2 is 1.89 bits per heavy atom. The van der Waals surface area contributed by atoms with Gasteiger partial charge in [-0.05, 0) is 39.3 Å². The van der Waals surface area contributed by atoms with Crippen LogP contribution in [-0.4, -0.2) is 41.9 Å². The fraction of sp³-hybridized carbons (Fsp3) is 1.00. The lowest BCUT2D eigenvalue weighted by molar-refractivity contribution is -0.203. The van der Waals surface area contributed by atoms with Crippen molar-refractivity contribution >= 4 is 0 Å². The molecule has 1 N–H and O–H groups in total. The number of aliphatic hydroxyl groups is 1. The van der Waals surface area contributed by atoms with Crippen molar-refractivity contribution < 1.29 is 18.3 Å². The number of alkyl halides is 3. The van der Waals surface area contributed by atoms with Gasteiger partial charge in [-0.3, -0.25) is 0 Å². The van der Waals surface area contributed by atoms with Gasteiger partial charge in [0.25, 0.3) is 0 Å². The van der Waals surface area contributed by atoms with Crippen molar-refractivity contribution in [3.63, 3.8) is 0 Å².